The lowest BCUT2D eigenvalue weighted by atomic mass is 9.84. The van der Waals surface area contributed by atoms with Gasteiger partial charge in [-0.3, -0.25) is 4.79 Å². The number of rotatable bonds is 1. The zero-order valence-electron chi connectivity index (χ0n) is 14.0. The minimum absolute atomic E-state index is 0.0125. The van der Waals surface area contributed by atoms with Gasteiger partial charge in [-0.05, 0) is 52.4 Å². The van der Waals surface area contributed by atoms with E-state index in [-0.39, 0.29) is 29.8 Å². The summed E-state index contributed by atoms with van der Waals surface area (Å²) in [6.07, 6.45) is -0.429. The first-order valence-corrected chi connectivity index (χ1v) is 8.51. The molecule has 1 amide bonds. The predicted octanol–water partition coefficient (Wildman–Crippen LogP) is 3.31. The van der Waals surface area contributed by atoms with E-state index in [4.69, 9.17) is 0 Å². The van der Waals surface area contributed by atoms with Crippen LogP contribution in [-0.4, -0.2) is 33.4 Å². The zero-order valence-corrected chi connectivity index (χ0v) is 14.0. The number of alkyl halides is 3. The number of fused-ring (bicyclic) bond motifs is 1. The fourth-order valence-corrected chi connectivity index (χ4v) is 3.84. The van der Waals surface area contributed by atoms with Gasteiger partial charge in [-0.2, -0.15) is 13.2 Å². The number of hydrogen-bond donors (Lipinski definition) is 0. The molecule has 1 aliphatic heterocycles. The summed E-state index contributed by atoms with van der Waals surface area (Å²) >= 11 is 0. The Morgan fingerprint density at radius 1 is 1.21 bits per heavy atom. The van der Waals surface area contributed by atoms with Crippen LogP contribution < -0.4 is 0 Å². The standard InChI is InChI=1S/C17H22F3N3O/c1-10-5-3-4-8-23(10)16(24)12-6-7-14-13(9-12)15(17(18,19)20)22-11(2)21-14/h10,12H,3-9H2,1-2H3/t10-,12+/m0/s1. The van der Waals surface area contributed by atoms with E-state index in [1.54, 1.807) is 0 Å². The second-order valence-corrected chi connectivity index (χ2v) is 6.86. The Balaban J connectivity index is 1.87. The van der Waals surface area contributed by atoms with Crippen LogP contribution in [0.3, 0.4) is 0 Å². The van der Waals surface area contributed by atoms with E-state index in [0.717, 1.165) is 19.3 Å². The number of aryl methyl sites for hydroxylation is 2. The van der Waals surface area contributed by atoms with Gasteiger partial charge in [-0.1, -0.05) is 0 Å². The third-order valence-corrected chi connectivity index (χ3v) is 5.09. The number of piperidine rings is 1. The van der Waals surface area contributed by atoms with Crippen LogP contribution in [0.1, 0.15) is 55.4 Å². The van der Waals surface area contributed by atoms with E-state index >= 15 is 0 Å². The van der Waals surface area contributed by atoms with Gasteiger partial charge in [0, 0.05) is 29.8 Å². The van der Waals surface area contributed by atoms with E-state index in [1.165, 1.54) is 6.92 Å². The summed E-state index contributed by atoms with van der Waals surface area (Å²) in [6.45, 7) is 4.20. The van der Waals surface area contributed by atoms with E-state index < -0.39 is 17.8 Å². The van der Waals surface area contributed by atoms with Gasteiger partial charge < -0.3 is 4.90 Å². The van der Waals surface area contributed by atoms with Gasteiger partial charge in [0.15, 0.2) is 5.69 Å². The number of likely N-dealkylation sites (tertiary alicyclic amines) is 1. The van der Waals surface area contributed by atoms with Crippen molar-refractivity contribution in [2.45, 2.75) is 64.6 Å². The van der Waals surface area contributed by atoms with Crippen LogP contribution in [0.4, 0.5) is 13.2 Å². The lowest BCUT2D eigenvalue weighted by Gasteiger charge is -2.37. The molecule has 0 saturated carbocycles. The number of amides is 1. The molecule has 7 heteroatoms. The number of aromatic nitrogens is 2. The van der Waals surface area contributed by atoms with E-state index in [2.05, 4.69) is 9.97 Å². The normalized spacial score (nSPS) is 24.6. The minimum Gasteiger partial charge on any atom is -0.340 e. The zero-order chi connectivity index (χ0) is 17.5. The van der Waals surface area contributed by atoms with Crippen molar-refractivity contribution in [3.05, 3.63) is 22.8 Å². The number of halogens is 3. The molecule has 2 heterocycles. The van der Waals surface area contributed by atoms with Gasteiger partial charge in [-0.15, -0.1) is 0 Å². The average Bonchev–Trinajstić information content (AvgIpc) is 2.52. The van der Waals surface area contributed by atoms with Crippen LogP contribution in [0.5, 0.6) is 0 Å². The van der Waals surface area contributed by atoms with Crippen molar-refractivity contribution in [3.8, 4) is 0 Å². The molecule has 1 aromatic heterocycles. The molecule has 2 aliphatic rings. The predicted molar refractivity (Wildman–Crippen MR) is 82.3 cm³/mol. The second kappa shape index (κ2) is 6.33. The molecular formula is C17H22F3N3O. The fourth-order valence-electron chi connectivity index (χ4n) is 3.84. The van der Waals surface area contributed by atoms with Crippen LogP contribution in [0.2, 0.25) is 0 Å². The molecule has 4 nitrogen and oxygen atoms in total. The summed E-state index contributed by atoms with van der Waals surface area (Å²) in [6, 6.07) is 0.170. The van der Waals surface area contributed by atoms with Gasteiger partial charge in [0.05, 0.1) is 0 Å². The Morgan fingerprint density at radius 2 is 1.96 bits per heavy atom. The van der Waals surface area contributed by atoms with Crippen molar-refractivity contribution in [2.75, 3.05) is 6.54 Å². The maximum absolute atomic E-state index is 13.3. The molecule has 0 aromatic carbocycles. The van der Waals surface area contributed by atoms with Crippen molar-refractivity contribution in [1.29, 1.82) is 0 Å². The van der Waals surface area contributed by atoms with E-state index in [9.17, 15) is 18.0 Å². The van der Waals surface area contributed by atoms with Crippen LogP contribution in [0, 0.1) is 12.8 Å². The maximum Gasteiger partial charge on any atom is 0.433 e. The molecule has 1 fully saturated rings. The van der Waals surface area contributed by atoms with Gasteiger partial charge in [0.25, 0.3) is 0 Å². The summed E-state index contributed by atoms with van der Waals surface area (Å²) in [5, 5.41) is 0. The van der Waals surface area contributed by atoms with Crippen LogP contribution >= 0.6 is 0 Å². The highest BCUT2D eigenvalue weighted by Crippen LogP contribution is 2.36. The Bertz CT molecular complexity index is 645. The first-order chi connectivity index (χ1) is 11.3. The van der Waals surface area contributed by atoms with Crippen molar-refractivity contribution >= 4 is 5.91 Å². The molecule has 1 aliphatic carbocycles. The van der Waals surface area contributed by atoms with Crippen molar-refractivity contribution < 1.29 is 18.0 Å². The smallest absolute Gasteiger partial charge is 0.340 e. The summed E-state index contributed by atoms with van der Waals surface area (Å²) in [4.78, 5) is 22.4. The molecule has 132 valence electrons. The van der Waals surface area contributed by atoms with E-state index in [1.807, 2.05) is 11.8 Å². The molecule has 24 heavy (non-hydrogen) atoms. The lowest BCUT2D eigenvalue weighted by molar-refractivity contribution is -0.144. The first kappa shape index (κ1) is 17.2. The third kappa shape index (κ3) is 3.26. The van der Waals surface area contributed by atoms with Crippen molar-refractivity contribution in [3.63, 3.8) is 0 Å². The monoisotopic (exact) mass is 341 g/mol. The van der Waals surface area contributed by atoms with Gasteiger partial charge >= 0.3 is 6.18 Å². The number of nitrogens with zero attached hydrogens (tertiary/aromatic N) is 3. The highest BCUT2D eigenvalue weighted by atomic mass is 19.4. The summed E-state index contributed by atoms with van der Waals surface area (Å²) < 4.78 is 39.9. The SMILES string of the molecule is Cc1nc2c(c(C(F)(F)F)n1)C[C@H](C(=O)N1CCCC[C@@H]1C)CC2. The molecule has 0 unspecified atom stereocenters. The third-order valence-electron chi connectivity index (χ3n) is 5.09. The molecule has 0 radical (unpaired) electrons. The van der Waals surface area contributed by atoms with Gasteiger partial charge in [0.2, 0.25) is 5.91 Å². The summed E-state index contributed by atoms with van der Waals surface area (Å²) in [5.74, 6) is -0.275. The van der Waals surface area contributed by atoms with Crippen molar-refractivity contribution in [1.82, 2.24) is 14.9 Å². The molecule has 0 bridgehead atoms. The van der Waals surface area contributed by atoms with Gasteiger partial charge in [0.1, 0.15) is 5.82 Å². The highest BCUT2D eigenvalue weighted by Gasteiger charge is 2.40. The van der Waals surface area contributed by atoms with Crippen LogP contribution in [0.15, 0.2) is 0 Å². The molecule has 2 atom stereocenters. The topological polar surface area (TPSA) is 46.1 Å². The molecule has 0 spiro atoms. The fraction of sp³-hybridized carbons (Fsp3) is 0.706. The van der Waals surface area contributed by atoms with E-state index in [0.29, 0.717) is 25.1 Å². The number of carbonyl (C=O) groups is 1. The molecular weight excluding hydrogens is 319 g/mol. The second-order valence-electron chi connectivity index (χ2n) is 6.86. The summed E-state index contributed by atoms with van der Waals surface area (Å²) in [7, 11) is 0. The quantitative estimate of drug-likeness (QED) is 0.787. The maximum atomic E-state index is 13.3. The lowest BCUT2D eigenvalue weighted by Crippen LogP contribution is -2.46. The highest BCUT2D eigenvalue weighted by molar-refractivity contribution is 5.80. The average molecular weight is 341 g/mol. The molecule has 0 N–H and O–H groups in total. The van der Waals surface area contributed by atoms with Crippen LogP contribution in [0.25, 0.3) is 0 Å². The Hall–Kier alpha value is -1.66. The number of carbonyl (C=O) groups excluding carboxylic acids is 1. The van der Waals surface area contributed by atoms with Gasteiger partial charge in [-0.25, -0.2) is 9.97 Å². The Labute approximate surface area is 139 Å². The first-order valence-electron chi connectivity index (χ1n) is 8.51. The minimum atomic E-state index is -4.51. The Kier molecular flexibility index (Phi) is 4.53. The number of hydrogen-bond acceptors (Lipinski definition) is 3. The van der Waals surface area contributed by atoms with Crippen molar-refractivity contribution in [2.24, 2.45) is 5.92 Å². The molecule has 1 aromatic rings. The van der Waals surface area contributed by atoms with Crippen LogP contribution in [-0.2, 0) is 23.8 Å². The summed E-state index contributed by atoms with van der Waals surface area (Å²) in [5.41, 5.74) is -0.304. The Morgan fingerprint density at radius 3 is 2.62 bits per heavy atom. The largest absolute Gasteiger partial charge is 0.433 e. The molecule has 3 rings (SSSR count). The molecule has 1 saturated heterocycles.